The molecular formula is C12H11F2NO3. The van der Waals surface area contributed by atoms with Crippen molar-refractivity contribution in [2.24, 2.45) is 0 Å². The predicted octanol–water partition coefficient (Wildman–Crippen LogP) is 2.04. The fourth-order valence-corrected chi connectivity index (χ4v) is 1.74. The van der Waals surface area contributed by atoms with Gasteiger partial charge in [-0.3, -0.25) is 0 Å². The SMILES string of the molecule is CCOC(=O)C(O)c1c(F)cc2cc[nH]c2c1F. The molecule has 18 heavy (non-hydrogen) atoms. The third kappa shape index (κ3) is 1.95. The number of aromatic nitrogens is 1. The largest absolute Gasteiger partial charge is 0.464 e. The summed E-state index contributed by atoms with van der Waals surface area (Å²) in [5.74, 6) is -3.06. The number of aliphatic hydroxyl groups excluding tert-OH is 1. The Labute approximate surface area is 101 Å². The Balaban J connectivity index is 2.52. The normalized spacial score (nSPS) is 12.7. The van der Waals surface area contributed by atoms with Crippen LogP contribution in [0, 0.1) is 11.6 Å². The molecule has 2 N–H and O–H groups in total. The van der Waals surface area contributed by atoms with Crippen LogP contribution >= 0.6 is 0 Å². The minimum absolute atomic E-state index is 0.0177. The summed E-state index contributed by atoms with van der Waals surface area (Å²) in [5, 5.41) is 9.93. The minimum atomic E-state index is -1.97. The highest BCUT2D eigenvalue weighted by molar-refractivity contribution is 5.84. The van der Waals surface area contributed by atoms with E-state index in [0.717, 1.165) is 6.07 Å². The van der Waals surface area contributed by atoms with Crippen LogP contribution < -0.4 is 0 Å². The average molecular weight is 255 g/mol. The summed E-state index contributed by atoms with van der Waals surface area (Å²) in [4.78, 5) is 13.9. The number of hydrogen-bond donors (Lipinski definition) is 2. The Morgan fingerprint density at radius 3 is 2.94 bits per heavy atom. The van der Waals surface area contributed by atoms with Gasteiger partial charge in [-0.25, -0.2) is 13.6 Å². The molecular weight excluding hydrogens is 244 g/mol. The van der Waals surface area contributed by atoms with Crippen LogP contribution in [-0.2, 0) is 9.53 Å². The first-order valence-corrected chi connectivity index (χ1v) is 5.36. The molecule has 0 aliphatic heterocycles. The molecule has 1 aromatic carbocycles. The van der Waals surface area contributed by atoms with Gasteiger partial charge in [0.25, 0.3) is 0 Å². The maximum absolute atomic E-state index is 14.0. The first-order valence-electron chi connectivity index (χ1n) is 5.36. The van der Waals surface area contributed by atoms with Crippen molar-refractivity contribution in [3.05, 3.63) is 35.5 Å². The van der Waals surface area contributed by atoms with E-state index < -0.39 is 29.3 Å². The van der Waals surface area contributed by atoms with Gasteiger partial charge in [-0.1, -0.05) is 0 Å². The number of carbonyl (C=O) groups is 1. The second kappa shape index (κ2) is 4.73. The summed E-state index contributed by atoms with van der Waals surface area (Å²) in [7, 11) is 0. The monoisotopic (exact) mass is 255 g/mol. The third-order valence-electron chi connectivity index (χ3n) is 2.56. The maximum Gasteiger partial charge on any atom is 0.339 e. The number of benzene rings is 1. The molecule has 0 spiro atoms. The van der Waals surface area contributed by atoms with Crippen molar-refractivity contribution in [3.63, 3.8) is 0 Å². The number of halogens is 2. The van der Waals surface area contributed by atoms with E-state index >= 15 is 0 Å². The lowest BCUT2D eigenvalue weighted by Crippen LogP contribution is -2.18. The summed E-state index contributed by atoms with van der Waals surface area (Å²) in [6.07, 6.45) is -0.536. The first-order chi connectivity index (χ1) is 8.56. The van der Waals surface area contributed by atoms with Gasteiger partial charge in [-0.05, 0) is 19.1 Å². The van der Waals surface area contributed by atoms with Gasteiger partial charge in [0.1, 0.15) is 5.82 Å². The Kier molecular flexibility index (Phi) is 3.29. The number of fused-ring (bicyclic) bond motifs is 1. The van der Waals surface area contributed by atoms with E-state index in [-0.39, 0.29) is 12.1 Å². The molecule has 96 valence electrons. The van der Waals surface area contributed by atoms with Gasteiger partial charge < -0.3 is 14.8 Å². The molecule has 0 aliphatic carbocycles. The lowest BCUT2D eigenvalue weighted by atomic mass is 10.1. The number of rotatable bonds is 3. The molecule has 0 fully saturated rings. The van der Waals surface area contributed by atoms with Gasteiger partial charge in [0.2, 0.25) is 0 Å². The zero-order valence-corrected chi connectivity index (χ0v) is 9.54. The van der Waals surface area contributed by atoms with Crippen LogP contribution in [0.4, 0.5) is 8.78 Å². The number of aliphatic hydroxyl groups is 1. The molecule has 1 atom stereocenters. The molecule has 1 heterocycles. The van der Waals surface area contributed by atoms with Gasteiger partial charge in [0.15, 0.2) is 11.9 Å². The topological polar surface area (TPSA) is 62.3 Å². The van der Waals surface area contributed by atoms with Crippen LogP contribution in [0.1, 0.15) is 18.6 Å². The van der Waals surface area contributed by atoms with Crippen molar-refractivity contribution < 1.29 is 23.4 Å². The van der Waals surface area contributed by atoms with E-state index in [1.54, 1.807) is 0 Å². The van der Waals surface area contributed by atoms with E-state index in [1.807, 2.05) is 0 Å². The summed E-state index contributed by atoms with van der Waals surface area (Å²) < 4.78 is 32.2. The van der Waals surface area contributed by atoms with Gasteiger partial charge >= 0.3 is 5.97 Å². The maximum atomic E-state index is 14.0. The lowest BCUT2D eigenvalue weighted by Gasteiger charge is -2.12. The molecule has 0 bridgehead atoms. The van der Waals surface area contributed by atoms with Gasteiger partial charge in [0, 0.05) is 11.6 Å². The number of H-pyrrole nitrogens is 1. The van der Waals surface area contributed by atoms with Crippen molar-refractivity contribution in [2.45, 2.75) is 13.0 Å². The highest BCUT2D eigenvalue weighted by Gasteiger charge is 2.27. The van der Waals surface area contributed by atoms with E-state index in [1.165, 1.54) is 19.2 Å². The molecule has 2 rings (SSSR count). The molecule has 0 saturated carbocycles. The fourth-order valence-electron chi connectivity index (χ4n) is 1.74. The number of hydrogen-bond acceptors (Lipinski definition) is 3. The van der Waals surface area contributed by atoms with Crippen molar-refractivity contribution in [1.82, 2.24) is 4.98 Å². The van der Waals surface area contributed by atoms with E-state index in [2.05, 4.69) is 9.72 Å². The van der Waals surface area contributed by atoms with Crippen LogP contribution in [-0.4, -0.2) is 22.7 Å². The Bertz CT molecular complexity index is 594. The van der Waals surface area contributed by atoms with Crippen LogP contribution in [0.5, 0.6) is 0 Å². The highest BCUT2D eigenvalue weighted by Crippen LogP contribution is 2.28. The number of esters is 1. The molecule has 0 amide bonds. The molecule has 4 nitrogen and oxygen atoms in total. The van der Waals surface area contributed by atoms with Crippen molar-refractivity contribution >= 4 is 16.9 Å². The number of aromatic amines is 1. The Hall–Kier alpha value is -1.95. The van der Waals surface area contributed by atoms with Gasteiger partial charge in [-0.15, -0.1) is 0 Å². The highest BCUT2D eigenvalue weighted by atomic mass is 19.1. The number of carbonyl (C=O) groups excluding carboxylic acids is 1. The Morgan fingerprint density at radius 1 is 1.56 bits per heavy atom. The van der Waals surface area contributed by atoms with E-state index in [0.29, 0.717) is 5.39 Å². The third-order valence-corrected chi connectivity index (χ3v) is 2.56. The quantitative estimate of drug-likeness (QED) is 0.825. The van der Waals surface area contributed by atoms with Crippen LogP contribution in [0.3, 0.4) is 0 Å². The van der Waals surface area contributed by atoms with Gasteiger partial charge in [-0.2, -0.15) is 0 Å². The lowest BCUT2D eigenvalue weighted by molar-refractivity contribution is -0.153. The molecule has 0 radical (unpaired) electrons. The minimum Gasteiger partial charge on any atom is -0.464 e. The standard InChI is InChI=1S/C12H11F2NO3/c1-2-18-12(17)11(16)8-7(13)5-6-3-4-15-10(6)9(8)14/h3-5,11,15-16H,2H2,1H3. The Morgan fingerprint density at radius 2 is 2.28 bits per heavy atom. The molecule has 0 aliphatic rings. The first kappa shape index (κ1) is 12.5. The second-order valence-electron chi connectivity index (χ2n) is 3.68. The molecule has 0 saturated heterocycles. The zero-order chi connectivity index (χ0) is 13.3. The zero-order valence-electron chi connectivity index (χ0n) is 9.54. The molecule has 2 aromatic rings. The summed E-state index contributed by atoms with van der Waals surface area (Å²) in [5.41, 5.74) is -0.668. The van der Waals surface area contributed by atoms with Crippen molar-refractivity contribution in [3.8, 4) is 0 Å². The summed E-state index contributed by atoms with van der Waals surface area (Å²) in [6, 6.07) is 2.54. The summed E-state index contributed by atoms with van der Waals surface area (Å²) >= 11 is 0. The van der Waals surface area contributed by atoms with Crippen molar-refractivity contribution in [1.29, 1.82) is 0 Å². The molecule has 1 aromatic heterocycles. The number of nitrogens with one attached hydrogen (secondary N) is 1. The van der Waals surface area contributed by atoms with Crippen molar-refractivity contribution in [2.75, 3.05) is 6.61 Å². The second-order valence-corrected chi connectivity index (χ2v) is 3.68. The molecule has 6 heteroatoms. The number of ether oxygens (including phenoxy) is 1. The predicted molar refractivity (Wildman–Crippen MR) is 59.8 cm³/mol. The average Bonchev–Trinajstić information content (AvgIpc) is 2.77. The van der Waals surface area contributed by atoms with Crippen LogP contribution in [0.15, 0.2) is 18.3 Å². The van der Waals surface area contributed by atoms with Crippen LogP contribution in [0.2, 0.25) is 0 Å². The van der Waals surface area contributed by atoms with Gasteiger partial charge in [0.05, 0.1) is 17.7 Å². The smallest absolute Gasteiger partial charge is 0.339 e. The van der Waals surface area contributed by atoms with E-state index in [9.17, 15) is 18.7 Å². The van der Waals surface area contributed by atoms with Crippen LogP contribution in [0.25, 0.3) is 10.9 Å². The van der Waals surface area contributed by atoms with E-state index in [4.69, 9.17) is 0 Å². The molecule has 1 unspecified atom stereocenters. The fraction of sp³-hybridized carbons (Fsp3) is 0.250. The summed E-state index contributed by atoms with van der Waals surface area (Å²) in [6.45, 7) is 1.55.